The SMILES string of the molecule is CCC1CN(Cc2occc2CNC(C)(C)C)CCO1. The van der Waals surface area contributed by atoms with Crippen LogP contribution >= 0.6 is 0 Å². The van der Waals surface area contributed by atoms with E-state index in [-0.39, 0.29) is 5.54 Å². The molecule has 0 aromatic carbocycles. The molecule has 4 heteroatoms. The summed E-state index contributed by atoms with van der Waals surface area (Å²) in [5, 5.41) is 3.52. The van der Waals surface area contributed by atoms with Crippen molar-refractivity contribution in [3.63, 3.8) is 0 Å². The maximum atomic E-state index is 5.71. The van der Waals surface area contributed by atoms with E-state index in [1.54, 1.807) is 6.26 Å². The highest BCUT2D eigenvalue weighted by atomic mass is 16.5. The van der Waals surface area contributed by atoms with Gasteiger partial charge in [0.25, 0.3) is 0 Å². The van der Waals surface area contributed by atoms with Crippen LogP contribution in [0, 0.1) is 0 Å². The summed E-state index contributed by atoms with van der Waals surface area (Å²) in [6, 6.07) is 2.08. The molecule has 0 saturated carbocycles. The summed E-state index contributed by atoms with van der Waals surface area (Å²) in [4.78, 5) is 2.43. The molecule has 1 aliphatic rings. The van der Waals surface area contributed by atoms with Gasteiger partial charge in [-0.1, -0.05) is 6.92 Å². The van der Waals surface area contributed by atoms with Crippen LogP contribution in [0.2, 0.25) is 0 Å². The molecular formula is C16H28N2O2. The quantitative estimate of drug-likeness (QED) is 0.900. The summed E-state index contributed by atoms with van der Waals surface area (Å²) in [7, 11) is 0. The van der Waals surface area contributed by atoms with Crippen molar-refractivity contribution in [2.45, 2.75) is 58.8 Å². The highest BCUT2D eigenvalue weighted by Gasteiger charge is 2.21. The van der Waals surface area contributed by atoms with E-state index in [1.165, 1.54) is 5.56 Å². The topological polar surface area (TPSA) is 37.6 Å². The molecule has 0 bridgehead atoms. The van der Waals surface area contributed by atoms with Gasteiger partial charge in [0.2, 0.25) is 0 Å². The van der Waals surface area contributed by atoms with Crippen molar-refractivity contribution in [3.8, 4) is 0 Å². The van der Waals surface area contributed by atoms with E-state index in [0.717, 1.165) is 45.0 Å². The van der Waals surface area contributed by atoms with E-state index < -0.39 is 0 Å². The first kappa shape index (κ1) is 15.5. The number of morpholine rings is 1. The molecule has 2 heterocycles. The number of nitrogens with one attached hydrogen (secondary N) is 1. The lowest BCUT2D eigenvalue weighted by molar-refractivity contribution is -0.0343. The van der Waals surface area contributed by atoms with Crippen molar-refractivity contribution in [2.24, 2.45) is 0 Å². The number of ether oxygens (including phenoxy) is 1. The first-order valence-electron chi connectivity index (χ1n) is 7.62. The average molecular weight is 280 g/mol. The zero-order valence-corrected chi connectivity index (χ0v) is 13.2. The van der Waals surface area contributed by atoms with E-state index in [4.69, 9.17) is 9.15 Å². The Kier molecular flexibility index (Phi) is 5.24. The van der Waals surface area contributed by atoms with E-state index >= 15 is 0 Å². The van der Waals surface area contributed by atoms with E-state index in [2.05, 4.69) is 44.0 Å². The molecule has 1 atom stereocenters. The first-order chi connectivity index (χ1) is 9.48. The molecule has 20 heavy (non-hydrogen) atoms. The minimum atomic E-state index is 0.126. The van der Waals surface area contributed by atoms with Crippen LogP contribution in [0.5, 0.6) is 0 Å². The Balaban J connectivity index is 1.91. The smallest absolute Gasteiger partial charge is 0.122 e. The summed E-state index contributed by atoms with van der Waals surface area (Å²) in [5.74, 6) is 1.08. The van der Waals surface area contributed by atoms with Gasteiger partial charge in [-0.2, -0.15) is 0 Å². The highest BCUT2D eigenvalue weighted by molar-refractivity contribution is 5.17. The third-order valence-electron chi connectivity index (χ3n) is 3.69. The fourth-order valence-electron chi connectivity index (χ4n) is 2.40. The van der Waals surface area contributed by atoms with Crippen LogP contribution < -0.4 is 5.32 Å². The Morgan fingerprint density at radius 3 is 2.90 bits per heavy atom. The molecule has 114 valence electrons. The molecule has 0 amide bonds. The molecule has 2 rings (SSSR count). The van der Waals surface area contributed by atoms with Crippen molar-refractivity contribution < 1.29 is 9.15 Å². The molecule has 1 aliphatic heterocycles. The number of nitrogens with zero attached hydrogens (tertiary/aromatic N) is 1. The molecule has 1 fully saturated rings. The number of rotatable bonds is 5. The number of furan rings is 1. The van der Waals surface area contributed by atoms with E-state index in [0.29, 0.717) is 6.10 Å². The van der Waals surface area contributed by atoms with Gasteiger partial charge in [-0.05, 0) is 33.3 Å². The van der Waals surface area contributed by atoms with Gasteiger partial charge in [-0.25, -0.2) is 0 Å². The van der Waals surface area contributed by atoms with Crippen molar-refractivity contribution in [3.05, 3.63) is 23.7 Å². The summed E-state index contributed by atoms with van der Waals surface area (Å²) >= 11 is 0. The van der Waals surface area contributed by atoms with Crippen molar-refractivity contribution >= 4 is 0 Å². The molecular weight excluding hydrogens is 252 g/mol. The summed E-state index contributed by atoms with van der Waals surface area (Å²) in [6.07, 6.45) is 3.25. The Morgan fingerprint density at radius 2 is 2.20 bits per heavy atom. The third kappa shape index (κ3) is 4.62. The Morgan fingerprint density at radius 1 is 1.40 bits per heavy atom. The maximum Gasteiger partial charge on any atom is 0.122 e. The normalized spacial score (nSPS) is 21.3. The lowest BCUT2D eigenvalue weighted by atomic mass is 10.1. The summed E-state index contributed by atoms with van der Waals surface area (Å²) < 4.78 is 11.4. The van der Waals surface area contributed by atoms with Gasteiger partial charge < -0.3 is 14.5 Å². The van der Waals surface area contributed by atoms with Gasteiger partial charge >= 0.3 is 0 Å². The third-order valence-corrected chi connectivity index (χ3v) is 3.69. The predicted molar refractivity (Wildman–Crippen MR) is 80.6 cm³/mol. The largest absolute Gasteiger partial charge is 0.468 e. The van der Waals surface area contributed by atoms with Gasteiger partial charge in [-0.15, -0.1) is 0 Å². The maximum absolute atomic E-state index is 5.71. The number of hydrogen-bond donors (Lipinski definition) is 1. The van der Waals surface area contributed by atoms with Gasteiger partial charge in [0.1, 0.15) is 5.76 Å². The Hall–Kier alpha value is -0.840. The minimum Gasteiger partial charge on any atom is -0.468 e. The fourth-order valence-corrected chi connectivity index (χ4v) is 2.40. The van der Waals surface area contributed by atoms with Crippen LogP contribution in [0.4, 0.5) is 0 Å². The lowest BCUT2D eigenvalue weighted by Crippen LogP contribution is -2.41. The Labute approximate surface area is 122 Å². The second kappa shape index (κ2) is 6.74. The van der Waals surface area contributed by atoms with Crippen LogP contribution in [0.15, 0.2) is 16.7 Å². The van der Waals surface area contributed by atoms with Crippen LogP contribution in [-0.2, 0) is 17.8 Å². The van der Waals surface area contributed by atoms with Crippen molar-refractivity contribution in [1.29, 1.82) is 0 Å². The van der Waals surface area contributed by atoms with Crippen LogP contribution in [0.25, 0.3) is 0 Å². The molecule has 1 aromatic heterocycles. The average Bonchev–Trinajstić information content (AvgIpc) is 2.83. The second-order valence-corrected chi connectivity index (χ2v) is 6.61. The van der Waals surface area contributed by atoms with E-state index in [1.807, 2.05) is 0 Å². The first-order valence-corrected chi connectivity index (χ1v) is 7.62. The zero-order chi connectivity index (χ0) is 14.6. The Bertz CT molecular complexity index is 409. The predicted octanol–water partition coefficient (Wildman–Crippen LogP) is 2.78. The molecule has 1 N–H and O–H groups in total. The zero-order valence-electron chi connectivity index (χ0n) is 13.2. The monoisotopic (exact) mass is 280 g/mol. The van der Waals surface area contributed by atoms with Gasteiger partial charge in [-0.3, -0.25) is 4.90 Å². The standard InChI is InChI=1S/C16H28N2O2/c1-5-14-11-18(7-9-19-14)12-15-13(6-8-20-15)10-17-16(2,3)4/h6,8,14,17H,5,7,9-12H2,1-4H3. The summed E-state index contributed by atoms with van der Waals surface area (Å²) in [6.45, 7) is 13.3. The fraction of sp³-hybridized carbons (Fsp3) is 0.750. The van der Waals surface area contributed by atoms with Crippen molar-refractivity contribution in [1.82, 2.24) is 10.2 Å². The van der Waals surface area contributed by atoms with Crippen LogP contribution in [-0.4, -0.2) is 36.2 Å². The molecule has 4 nitrogen and oxygen atoms in total. The molecule has 1 saturated heterocycles. The van der Waals surface area contributed by atoms with Crippen LogP contribution in [0.1, 0.15) is 45.4 Å². The minimum absolute atomic E-state index is 0.126. The molecule has 0 spiro atoms. The van der Waals surface area contributed by atoms with Gasteiger partial charge in [0.15, 0.2) is 0 Å². The lowest BCUT2D eigenvalue weighted by Gasteiger charge is -2.32. The van der Waals surface area contributed by atoms with Crippen molar-refractivity contribution in [2.75, 3.05) is 19.7 Å². The van der Waals surface area contributed by atoms with Gasteiger partial charge in [0, 0.05) is 30.7 Å². The molecule has 0 radical (unpaired) electrons. The second-order valence-electron chi connectivity index (χ2n) is 6.61. The number of hydrogen-bond acceptors (Lipinski definition) is 4. The van der Waals surface area contributed by atoms with Crippen LogP contribution in [0.3, 0.4) is 0 Å². The molecule has 1 aromatic rings. The molecule has 0 aliphatic carbocycles. The van der Waals surface area contributed by atoms with E-state index in [9.17, 15) is 0 Å². The summed E-state index contributed by atoms with van der Waals surface area (Å²) in [5.41, 5.74) is 1.39. The molecule has 1 unspecified atom stereocenters. The van der Waals surface area contributed by atoms with Gasteiger partial charge in [0.05, 0.1) is 25.5 Å². The highest BCUT2D eigenvalue weighted by Crippen LogP contribution is 2.17.